The zero-order valence-electron chi connectivity index (χ0n) is 8.82. The Morgan fingerprint density at radius 2 is 2.00 bits per heavy atom. The van der Waals surface area contributed by atoms with Gasteiger partial charge in [-0.3, -0.25) is 0 Å². The van der Waals surface area contributed by atoms with Crippen LogP contribution in [0.4, 0.5) is 0 Å². The Hall–Kier alpha value is 0.570. The second-order valence-corrected chi connectivity index (χ2v) is 8.45. The minimum absolute atomic E-state index is 0.162. The van der Waals surface area contributed by atoms with Crippen LogP contribution in [-0.2, 0) is 16.3 Å². The third-order valence-electron chi connectivity index (χ3n) is 1.65. The Morgan fingerprint density at radius 1 is 1.38 bits per heavy atom. The first-order valence-corrected chi connectivity index (χ1v) is 7.96. The summed E-state index contributed by atoms with van der Waals surface area (Å²) in [5.74, 6) is 0.526. The van der Waals surface area contributed by atoms with E-state index >= 15 is 0 Å². The molecule has 1 N–H and O–H groups in total. The van der Waals surface area contributed by atoms with Gasteiger partial charge in [0.1, 0.15) is 0 Å². The minimum Gasteiger partial charge on any atom is -0.396 e. The van der Waals surface area contributed by atoms with Gasteiger partial charge in [-0.1, -0.05) is 32.6 Å². The Kier molecular flexibility index (Phi) is 7.25. The van der Waals surface area contributed by atoms with E-state index in [0.717, 1.165) is 19.2 Å². The zero-order chi connectivity index (χ0) is 10.3. The molecule has 80 valence electrons. The van der Waals surface area contributed by atoms with Crippen molar-refractivity contribution in [3.8, 4) is 0 Å². The van der Waals surface area contributed by atoms with Gasteiger partial charge in [0.05, 0.1) is 12.9 Å². The Morgan fingerprint density at radius 3 is 2.38 bits per heavy atom. The molecule has 0 fully saturated rings. The highest BCUT2D eigenvalue weighted by Gasteiger charge is 2.16. The molecular formula is C9H21O2PS. The van der Waals surface area contributed by atoms with Crippen molar-refractivity contribution in [1.82, 2.24) is 0 Å². The highest BCUT2D eigenvalue weighted by Crippen LogP contribution is 2.47. The summed E-state index contributed by atoms with van der Waals surface area (Å²) in [5.41, 5.74) is 0. The van der Waals surface area contributed by atoms with Crippen LogP contribution in [-0.4, -0.2) is 30.6 Å². The van der Waals surface area contributed by atoms with E-state index in [1.54, 1.807) is 0 Å². The molecule has 13 heavy (non-hydrogen) atoms. The van der Waals surface area contributed by atoms with E-state index in [0.29, 0.717) is 12.1 Å². The van der Waals surface area contributed by atoms with Crippen LogP contribution in [0.3, 0.4) is 0 Å². The molecule has 0 aliphatic carbocycles. The quantitative estimate of drug-likeness (QED) is 0.674. The maximum atomic E-state index is 8.87. The molecule has 4 heteroatoms. The number of hydrogen-bond acceptors (Lipinski definition) is 3. The van der Waals surface area contributed by atoms with Gasteiger partial charge in [0.15, 0.2) is 0 Å². The van der Waals surface area contributed by atoms with Gasteiger partial charge in [0.25, 0.3) is 0 Å². The first kappa shape index (κ1) is 13.6. The summed E-state index contributed by atoms with van der Waals surface area (Å²) in [7, 11) is 0. The predicted molar refractivity (Wildman–Crippen MR) is 62.2 cm³/mol. The Labute approximate surface area is 86.8 Å². The van der Waals surface area contributed by atoms with Gasteiger partial charge >= 0.3 is 0 Å². The molecule has 0 rings (SSSR count). The minimum atomic E-state index is -1.69. The van der Waals surface area contributed by atoms with Gasteiger partial charge in [-0.15, -0.1) is 0 Å². The lowest BCUT2D eigenvalue weighted by atomic mass is 10.2. The third-order valence-corrected chi connectivity index (χ3v) is 5.69. The van der Waals surface area contributed by atoms with Gasteiger partial charge in [0, 0.05) is 12.8 Å². The molecule has 0 aromatic heterocycles. The molecule has 0 aromatic carbocycles. The second kappa shape index (κ2) is 6.94. The number of aliphatic hydroxyl groups is 1. The van der Waals surface area contributed by atoms with E-state index in [2.05, 4.69) is 20.8 Å². The summed E-state index contributed by atoms with van der Waals surface area (Å²) in [4.78, 5) is 0. The first-order chi connectivity index (χ1) is 6.04. The van der Waals surface area contributed by atoms with Gasteiger partial charge in [0.2, 0.25) is 0 Å². The second-order valence-electron chi connectivity index (χ2n) is 3.67. The first-order valence-electron chi connectivity index (χ1n) is 4.87. The Bertz CT molecular complexity index is 161. The van der Waals surface area contributed by atoms with Crippen molar-refractivity contribution in [2.24, 2.45) is 5.92 Å². The van der Waals surface area contributed by atoms with Crippen molar-refractivity contribution < 1.29 is 9.63 Å². The molecular weight excluding hydrogens is 203 g/mol. The summed E-state index contributed by atoms with van der Waals surface area (Å²) in [6.45, 7) is 7.24. The molecule has 0 radical (unpaired) electrons. The Balaban J connectivity index is 3.99. The molecule has 1 atom stereocenters. The standard InChI is InChI=1S/C9H21O2PS/c1-4-6-12(13,7-5-10)11-8-9(2)3/h9-10H,4-8H2,1-3H3. The number of aliphatic hydroxyl groups excluding tert-OH is 1. The number of hydrogen-bond donors (Lipinski definition) is 1. The van der Waals surface area contributed by atoms with Crippen LogP contribution in [0.25, 0.3) is 0 Å². The molecule has 0 bridgehead atoms. The van der Waals surface area contributed by atoms with Crippen molar-refractivity contribution in [2.75, 3.05) is 25.5 Å². The lowest BCUT2D eigenvalue weighted by Crippen LogP contribution is -2.07. The predicted octanol–water partition coefficient (Wildman–Crippen LogP) is 2.46. The van der Waals surface area contributed by atoms with Crippen molar-refractivity contribution in [3.63, 3.8) is 0 Å². The van der Waals surface area contributed by atoms with Crippen LogP contribution < -0.4 is 0 Å². The lowest BCUT2D eigenvalue weighted by molar-refractivity contribution is 0.283. The van der Waals surface area contributed by atoms with Gasteiger partial charge in [-0.05, 0) is 18.5 Å². The molecule has 0 saturated heterocycles. The fraction of sp³-hybridized carbons (Fsp3) is 1.00. The highest BCUT2D eigenvalue weighted by molar-refractivity contribution is 8.12. The van der Waals surface area contributed by atoms with E-state index in [1.165, 1.54) is 0 Å². The summed E-state index contributed by atoms with van der Waals surface area (Å²) in [6, 6.07) is 0. The van der Waals surface area contributed by atoms with Crippen LogP contribution in [0.2, 0.25) is 0 Å². The average Bonchev–Trinajstić information content (AvgIpc) is 2.02. The van der Waals surface area contributed by atoms with E-state index < -0.39 is 6.26 Å². The van der Waals surface area contributed by atoms with Crippen LogP contribution in [0.15, 0.2) is 0 Å². The van der Waals surface area contributed by atoms with Gasteiger partial charge in [-0.2, -0.15) is 0 Å². The maximum absolute atomic E-state index is 8.87. The van der Waals surface area contributed by atoms with E-state index in [4.69, 9.17) is 21.4 Å². The summed E-state index contributed by atoms with van der Waals surface area (Å²) in [6.07, 6.45) is 0.985. The van der Waals surface area contributed by atoms with Gasteiger partial charge in [-0.25, -0.2) is 0 Å². The molecule has 0 heterocycles. The topological polar surface area (TPSA) is 29.5 Å². The fourth-order valence-electron chi connectivity index (χ4n) is 1.02. The normalized spacial score (nSPS) is 16.1. The maximum Gasteiger partial charge on any atom is 0.0696 e. The summed E-state index contributed by atoms with van der Waals surface area (Å²) < 4.78 is 5.74. The molecule has 2 nitrogen and oxygen atoms in total. The van der Waals surface area contributed by atoms with Crippen molar-refractivity contribution in [2.45, 2.75) is 27.2 Å². The van der Waals surface area contributed by atoms with Crippen molar-refractivity contribution in [1.29, 1.82) is 0 Å². The van der Waals surface area contributed by atoms with Crippen LogP contribution >= 0.6 is 6.26 Å². The van der Waals surface area contributed by atoms with Crippen molar-refractivity contribution >= 4 is 18.1 Å². The number of rotatable bonds is 7. The zero-order valence-corrected chi connectivity index (χ0v) is 10.5. The molecule has 1 unspecified atom stereocenters. The van der Waals surface area contributed by atoms with Gasteiger partial charge < -0.3 is 9.63 Å². The molecule has 0 aliphatic heterocycles. The van der Waals surface area contributed by atoms with Crippen LogP contribution in [0.1, 0.15) is 27.2 Å². The molecule has 0 amide bonds. The summed E-state index contributed by atoms with van der Waals surface area (Å²) >= 11 is 5.45. The molecule has 0 aromatic rings. The van der Waals surface area contributed by atoms with Crippen LogP contribution in [0, 0.1) is 5.92 Å². The molecule has 0 aliphatic rings. The molecule has 0 spiro atoms. The van der Waals surface area contributed by atoms with Crippen molar-refractivity contribution in [3.05, 3.63) is 0 Å². The van der Waals surface area contributed by atoms with E-state index in [-0.39, 0.29) is 6.61 Å². The smallest absolute Gasteiger partial charge is 0.0696 e. The van der Waals surface area contributed by atoms with Crippen LogP contribution in [0.5, 0.6) is 0 Å². The average molecular weight is 224 g/mol. The largest absolute Gasteiger partial charge is 0.396 e. The lowest BCUT2D eigenvalue weighted by Gasteiger charge is -2.22. The highest BCUT2D eigenvalue weighted by atomic mass is 32.4. The van der Waals surface area contributed by atoms with E-state index in [9.17, 15) is 0 Å². The van der Waals surface area contributed by atoms with E-state index in [1.807, 2.05) is 0 Å². The monoisotopic (exact) mass is 224 g/mol. The fourth-order valence-corrected chi connectivity index (χ4v) is 4.03. The SMILES string of the molecule is CCCP(=S)(CCO)OCC(C)C. The molecule has 0 saturated carbocycles. The third kappa shape index (κ3) is 6.62. The summed E-state index contributed by atoms with van der Waals surface area (Å²) in [5, 5.41) is 8.87.